The van der Waals surface area contributed by atoms with E-state index in [9.17, 15) is 9.59 Å². The third-order valence-electron chi connectivity index (χ3n) is 5.75. The van der Waals surface area contributed by atoms with E-state index >= 15 is 0 Å². The molecule has 1 aromatic carbocycles. The summed E-state index contributed by atoms with van der Waals surface area (Å²) in [6.07, 6.45) is 6.91. The van der Waals surface area contributed by atoms with Crippen molar-refractivity contribution < 1.29 is 9.59 Å². The summed E-state index contributed by atoms with van der Waals surface area (Å²) in [6.45, 7) is 2.14. The molecule has 3 rings (SSSR count). The van der Waals surface area contributed by atoms with E-state index in [1.54, 1.807) is 0 Å². The average Bonchev–Trinajstić information content (AvgIpc) is 2.57. The molecule has 1 atom stereocenters. The zero-order valence-electron chi connectivity index (χ0n) is 14.9. The van der Waals surface area contributed by atoms with Gasteiger partial charge in [-0.05, 0) is 49.0 Å². The number of piperidine rings is 1. The Bertz CT molecular complexity index is 598. The summed E-state index contributed by atoms with van der Waals surface area (Å²) in [5, 5.41) is 3.16. The van der Waals surface area contributed by atoms with Crippen molar-refractivity contribution in [2.75, 3.05) is 19.6 Å². The molecule has 1 saturated heterocycles. The van der Waals surface area contributed by atoms with Crippen molar-refractivity contribution in [1.82, 2.24) is 10.2 Å². The Balaban J connectivity index is 1.51. The van der Waals surface area contributed by atoms with Gasteiger partial charge in [0.2, 0.25) is 5.91 Å². The molecule has 3 N–H and O–H groups in total. The Morgan fingerprint density at radius 1 is 1.20 bits per heavy atom. The maximum atomic E-state index is 12.6. The molecule has 5 nitrogen and oxygen atoms in total. The average molecular weight is 343 g/mol. The van der Waals surface area contributed by atoms with Gasteiger partial charge in [0.15, 0.2) is 0 Å². The highest BCUT2D eigenvalue weighted by Crippen LogP contribution is 2.43. The summed E-state index contributed by atoms with van der Waals surface area (Å²) in [5.41, 5.74) is 6.85. The van der Waals surface area contributed by atoms with Crippen LogP contribution in [-0.4, -0.2) is 36.5 Å². The van der Waals surface area contributed by atoms with Gasteiger partial charge in [0.25, 0.3) is 0 Å². The highest BCUT2D eigenvalue weighted by atomic mass is 16.2. The molecule has 2 aliphatic rings. The minimum absolute atomic E-state index is 0.00788. The number of amides is 3. The van der Waals surface area contributed by atoms with E-state index in [-0.39, 0.29) is 23.3 Å². The highest BCUT2D eigenvalue weighted by Gasteiger charge is 2.37. The number of benzene rings is 1. The summed E-state index contributed by atoms with van der Waals surface area (Å²) in [7, 11) is 0. The molecule has 5 heteroatoms. The van der Waals surface area contributed by atoms with Gasteiger partial charge in [-0.25, -0.2) is 4.79 Å². The topological polar surface area (TPSA) is 75.4 Å². The maximum Gasteiger partial charge on any atom is 0.317 e. The van der Waals surface area contributed by atoms with Crippen molar-refractivity contribution in [2.45, 2.75) is 44.9 Å². The second-order valence-electron chi connectivity index (χ2n) is 7.80. The van der Waals surface area contributed by atoms with Gasteiger partial charge in [-0.3, -0.25) is 4.79 Å². The summed E-state index contributed by atoms with van der Waals surface area (Å²) in [6, 6.07) is 10.5. The molecule has 136 valence electrons. The van der Waals surface area contributed by atoms with Gasteiger partial charge in [-0.15, -0.1) is 0 Å². The van der Waals surface area contributed by atoms with Gasteiger partial charge >= 0.3 is 6.03 Å². The van der Waals surface area contributed by atoms with Gasteiger partial charge < -0.3 is 16.0 Å². The van der Waals surface area contributed by atoms with Crippen molar-refractivity contribution in [3.05, 3.63) is 35.9 Å². The van der Waals surface area contributed by atoms with Crippen LogP contribution in [0.3, 0.4) is 0 Å². The first-order valence-electron chi connectivity index (χ1n) is 9.41. The van der Waals surface area contributed by atoms with Gasteiger partial charge in [-0.2, -0.15) is 0 Å². The van der Waals surface area contributed by atoms with E-state index in [4.69, 9.17) is 5.73 Å². The van der Waals surface area contributed by atoms with Crippen molar-refractivity contribution in [3.63, 3.8) is 0 Å². The number of primary amides is 1. The quantitative estimate of drug-likeness (QED) is 0.833. The highest BCUT2D eigenvalue weighted by molar-refractivity contribution is 5.75. The van der Waals surface area contributed by atoms with Crippen LogP contribution in [0.1, 0.15) is 44.1 Å². The van der Waals surface area contributed by atoms with Crippen LogP contribution in [0.15, 0.2) is 30.3 Å². The van der Waals surface area contributed by atoms with Gasteiger partial charge in [0, 0.05) is 26.1 Å². The Morgan fingerprint density at radius 3 is 2.60 bits per heavy atom. The standard InChI is InChI=1S/C20H29N3O2/c21-18(24)12-17-8-4-11-23(14-17)19(25)22-15-20(9-5-10-20)13-16-6-2-1-3-7-16/h1-3,6-7,17H,4-5,8-15H2,(H2,21,24)(H,22,25). The predicted octanol–water partition coefficient (Wildman–Crippen LogP) is 2.70. The van der Waals surface area contributed by atoms with Crippen LogP contribution in [-0.2, 0) is 11.2 Å². The first-order chi connectivity index (χ1) is 12.1. The fourth-order valence-electron chi connectivity index (χ4n) is 4.20. The summed E-state index contributed by atoms with van der Waals surface area (Å²) in [4.78, 5) is 25.5. The van der Waals surface area contributed by atoms with E-state index < -0.39 is 0 Å². The smallest absolute Gasteiger partial charge is 0.317 e. The van der Waals surface area contributed by atoms with Crippen LogP contribution in [0.2, 0.25) is 0 Å². The summed E-state index contributed by atoms with van der Waals surface area (Å²) < 4.78 is 0. The Labute approximate surface area is 150 Å². The number of nitrogens with zero attached hydrogens (tertiary/aromatic N) is 1. The minimum Gasteiger partial charge on any atom is -0.370 e. The van der Waals surface area contributed by atoms with Crippen LogP contribution in [0.25, 0.3) is 0 Å². The van der Waals surface area contributed by atoms with Gasteiger partial charge in [0.05, 0.1) is 0 Å². The number of carbonyl (C=O) groups excluding carboxylic acids is 2. The van der Waals surface area contributed by atoms with E-state index in [1.807, 2.05) is 11.0 Å². The Kier molecular flexibility index (Phi) is 5.61. The third-order valence-corrected chi connectivity index (χ3v) is 5.75. The second-order valence-corrected chi connectivity index (χ2v) is 7.80. The lowest BCUT2D eigenvalue weighted by Gasteiger charge is -2.43. The molecule has 0 bridgehead atoms. The number of hydrogen-bond acceptors (Lipinski definition) is 2. The predicted molar refractivity (Wildman–Crippen MR) is 97.9 cm³/mol. The number of hydrogen-bond donors (Lipinski definition) is 2. The molecule has 2 fully saturated rings. The van der Waals surface area contributed by atoms with Crippen molar-refractivity contribution in [1.29, 1.82) is 0 Å². The van der Waals surface area contributed by atoms with Gasteiger partial charge in [0.1, 0.15) is 0 Å². The van der Waals surface area contributed by atoms with E-state index in [2.05, 4.69) is 29.6 Å². The Hall–Kier alpha value is -2.04. The third kappa shape index (κ3) is 4.74. The van der Waals surface area contributed by atoms with Crippen LogP contribution < -0.4 is 11.1 Å². The van der Waals surface area contributed by atoms with Gasteiger partial charge in [-0.1, -0.05) is 36.8 Å². The zero-order valence-corrected chi connectivity index (χ0v) is 14.9. The summed E-state index contributed by atoms with van der Waals surface area (Å²) in [5.74, 6) is -0.0671. The van der Waals surface area contributed by atoms with E-state index in [0.29, 0.717) is 13.0 Å². The molecule has 1 aromatic rings. The molecule has 1 heterocycles. The zero-order chi connectivity index (χ0) is 17.7. The number of rotatable bonds is 6. The SMILES string of the molecule is NC(=O)CC1CCCN(C(=O)NCC2(Cc3ccccc3)CCC2)C1. The first-order valence-corrected chi connectivity index (χ1v) is 9.41. The van der Waals surface area contributed by atoms with Crippen LogP contribution in [0, 0.1) is 11.3 Å². The summed E-state index contributed by atoms with van der Waals surface area (Å²) >= 11 is 0. The number of urea groups is 1. The lowest BCUT2D eigenvalue weighted by Crippen LogP contribution is -2.50. The van der Waals surface area contributed by atoms with Crippen molar-refractivity contribution >= 4 is 11.9 Å². The van der Waals surface area contributed by atoms with E-state index in [1.165, 1.54) is 24.8 Å². The van der Waals surface area contributed by atoms with Crippen molar-refractivity contribution in [2.24, 2.45) is 17.1 Å². The molecule has 25 heavy (non-hydrogen) atoms. The second kappa shape index (κ2) is 7.89. The van der Waals surface area contributed by atoms with Crippen LogP contribution in [0.4, 0.5) is 4.79 Å². The molecule has 0 aromatic heterocycles. The molecule has 1 unspecified atom stereocenters. The lowest BCUT2D eigenvalue weighted by molar-refractivity contribution is -0.119. The number of carbonyl (C=O) groups is 2. The van der Waals surface area contributed by atoms with Crippen LogP contribution >= 0.6 is 0 Å². The molecule has 3 amide bonds. The molecular weight excluding hydrogens is 314 g/mol. The fraction of sp³-hybridized carbons (Fsp3) is 0.600. The van der Waals surface area contributed by atoms with Crippen molar-refractivity contribution in [3.8, 4) is 0 Å². The molecule has 0 radical (unpaired) electrons. The monoisotopic (exact) mass is 343 g/mol. The van der Waals surface area contributed by atoms with Crippen LogP contribution in [0.5, 0.6) is 0 Å². The fourth-order valence-corrected chi connectivity index (χ4v) is 4.20. The maximum absolute atomic E-state index is 12.6. The molecular formula is C20H29N3O2. The molecule has 0 spiro atoms. The molecule has 1 aliphatic heterocycles. The number of likely N-dealkylation sites (tertiary alicyclic amines) is 1. The van der Waals surface area contributed by atoms with E-state index in [0.717, 1.165) is 32.4 Å². The number of nitrogens with one attached hydrogen (secondary N) is 1. The largest absolute Gasteiger partial charge is 0.370 e. The molecule has 1 saturated carbocycles. The minimum atomic E-state index is -0.274. The molecule has 1 aliphatic carbocycles. The Morgan fingerprint density at radius 2 is 1.96 bits per heavy atom. The normalized spacial score (nSPS) is 22.1. The first kappa shape index (κ1) is 17.8. The lowest BCUT2D eigenvalue weighted by atomic mass is 9.65. The number of nitrogens with two attached hydrogens (primary N) is 1.